The highest BCUT2D eigenvalue weighted by Crippen LogP contribution is 2.17. The van der Waals surface area contributed by atoms with Gasteiger partial charge in [0.25, 0.3) is 5.56 Å². The molecule has 0 aliphatic heterocycles. The number of unbranched alkanes of at least 4 members (excludes halogenated alkanes) is 1. The fourth-order valence-corrected chi connectivity index (χ4v) is 3.64. The summed E-state index contributed by atoms with van der Waals surface area (Å²) in [5.74, 6) is 0.571. The van der Waals surface area contributed by atoms with Gasteiger partial charge in [0.2, 0.25) is 5.95 Å². The van der Waals surface area contributed by atoms with Gasteiger partial charge in [-0.2, -0.15) is 10.1 Å². The molecule has 1 aromatic carbocycles. The van der Waals surface area contributed by atoms with E-state index in [0.29, 0.717) is 36.4 Å². The number of hydrogen-bond acceptors (Lipinski definition) is 8. The van der Waals surface area contributed by atoms with Crippen LogP contribution in [-0.4, -0.2) is 56.0 Å². The lowest BCUT2D eigenvalue weighted by Crippen LogP contribution is -2.27. The van der Waals surface area contributed by atoms with Crippen molar-refractivity contribution >= 4 is 22.7 Å². The Labute approximate surface area is 188 Å². The van der Waals surface area contributed by atoms with Crippen molar-refractivity contribution in [3.8, 4) is 0 Å². The number of aliphatic hydroxyl groups is 1. The molecule has 9 nitrogen and oxygen atoms in total. The zero-order valence-electron chi connectivity index (χ0n) is 18.9. The number of aliphatic hydroxyl groups excluding tert-OH is 1. The number of anilines is 2. The molecule has 9 heteroatoms. The summed E-state index contributed by atoms with van der Waals surface area (Å²) in [5.41, 5.74) is 8.14. The van der Waals surface area contributed by atoms with Crippen molar-refractivity contribution in [2.24, 2.45) is 0 Å². The molecule has 0 fully saturated rings. The fourth-order valence-electron chi connectivity index (χ4n) is 3.64. The minimum atomic E-state index is -0.248. The van der Waals surface area contributed by atoms with E-state index < -0.39 is 0 Å². The Morgan fingerprint density at radius 2 is 1.84 bits per heavy atom. The minimum Gasteiger partial charge on any atom is -0.395 e. The number of nitrogens with one attached hydrogen (secondary N) is 1. The van der Waals surface area contributed by atoms with E-state index in [9.17, 15) is 9.90 Å². The smallest absolute Gasteiger partial charge is 0.280 e. The number of rotatable bonds is 12. The molecule has 0 saturated heterocycles. The molecule has 0 bridgehead atoms. The van der Waals surface area contributed by atoms with E-state index in [2.05, 4.69) is 51.3 Å². The zero-order valence-corrected chi connectivity index (χ0v) is 18.9. The van der Waals surface area contributed by atoms with E-state index in [-0.39, 0.29) is 18.1 Å². The number of aromatic nitrogens is 4. The van der Waals surface area contributed by atoms with Crippen LogP contribution in [0.5, 0.6) is 0 Å². The van der Waals surface area contributed by atoms with Gasteiger partial charge >= 0.3 is 0 Å². The van der Waals surface area contributed by atoms with Crippen LogP contribution in [-0.2, 0) is 13.1 Å². The van der Waals surface area contributed by atoms with Gasteiger partial charge < -0.3 is 16.2 Å². The predicted octanol–water partition coefficient (Wildman–Crippen LogP) is 2.23. The van der Waals surface area contributed by atoms with Gasteiger partial charge in [-0.1, -0.05) is 44.5 Å². The second kappa shape index (κ2) is 11.5. The van der Waals surface area contributed by atoms with Crippen molar-refractivity contribution in [1.29, 1.82) is 0 Å². The molecule has 0 spiro atoms. The van der Waals surface area contributed by atoms with E-state index in [4.69, 9.17) is 5.73 Å². The second-order valence-corrected chi connectivity index (χ2v) is 7.89. The van der Waals surface area contributed by atoms with Crippen LogP contribution in [0.3, 0.4) is 0 Å². The summed E-state index contributed by atoms with van der Waals surface area (Å²) < 4.78 is 1.43. The lowest BCUT2D eigenvalue weighted by molar-refractivity contribution is 0.190. The van der Waals surface area contributed by atoms with Gasteiger partial charge in [0.1, 0.15) is 16.7 Å². The maximum atomic E-state index is 13.2. The Bertz CT molecular complexity index is 1060. The van der Waals surface area contributed by atoms with Crippen LogP contribution >= 0.6 is 0 Å². The summed E-state index contributed by atoms with van der Waals surface area (Å²) in [4.78, 5) is 23.8. The molecular weight excluding hydrogens is 406 g/mol. The quantitative estimate of drug-likeness (QED) is 0.367. The third kappa shape index (κ3) is 6.02. The average Bonchev–Trinajstić information content (AvgIpc) is 2.77. The second-order valence-electron chi connectivity index (χ2n) is 7.89. The molecule has 172 valence electrons. The van der Waals surface area contributed by atoms with Gasteiger partial charge in [-0.15, -0.1) is 0 Å². The number of nitrogen functional groups attached to an aromatic ring is 1. The van der Waals surface area contributed by atoms with Crippen molar-refractivity contribution < 1.29 is 5.11 Å². The van der Waals surface area contributed by atoms with Crippen molar-refractivity contribution in [3.05, 3.63) is 51.9 Å². The first kappa shape index (κ1) is 23.6. The van der Waals surface area contributed by atoms with Crippen LogP contribution in [0.4, 0.5) is 11.8 Å². The predicted molar refractivity (Wildman–Crippen MR) is 128 cm³/mol. The van der Waals surface area contributed by atoms with E-state index >= 15 is 0 Å². The Hall–Kier alpha value is -3.04. The zero-order chi connectivity index (χ0) is 22.9. The third-order valence-corrected chi connectivity index (χ3v) is 5.26. The lowest BCUT2D eigenvalue weighted by Gasteiger charge is -2.20. The molecule has 2 heterocycles. The van der Waals surface area contributed by atoms with Crippen LogP contribution < -0.4 is 16.6 Å². The van der Waals surface area contributed by atoms with Gasteiger partial charge in [-0.3, -0.25) is 9.69 Å². The Morgan fingerprint density at radius 1 is 1.09 bits per heavy atom. The molecule has 0 aliphatic rings. The first-order valence-corrected chi connectivity index (χ1v) is 11.2. The highest BCUT2D eigenvalue weighted by Gasteiger charge is 2.13. The molecule has 0 aliphatic carbocycles. The molecule has 4 N–H and O–H groups in total. The van der Waals surface area contributed by atoms with E-state index in [1.54, 1.807) is 6.20 Å². The number of hydrogen-bond donors (Lipinski definition) is 3. The van der Waals surface area contributed by atoms with E-state index in [1.165, 1.54) is 10.2 Å². The molecule has 0 radical (unpaired) electrons. The Kier molecular flexibility index (Phi) is 8.52. The standard InChI is InChI=1S/C23H33N7O2/c1-3-5-10-25-21-20-19(27-23(24)28-21)14-26-30(22(20)32)16-18-8-6-17(7-9-18)15-29(11-4-2)12-13-31/h6-9,14,31H,3-5,10-13,15-16H2,1-2H3,(H3,24,25,27,28). The number of fused-ring (bicyclic) bond motifs is 1. The molecule has 2 aromatic heterocycles. The average molecular weight is 440 g/mol. The fraction of sp³-hybridized carbons (Fsp3) is 0.478. The first-order chi connectivity index (χ1) is 15.5. The van der Waals surface area contributed by atoms with Gasteiger partial charge in [-0.05, 0) is 30.5 Å². The highest BCUT2D eigenvalue weighted by molar-refractivity contribution is 5.88. The number of benzene rings is 1. The minimum absolute atomic E-state index is 0.115. The maximum absolute atomic E-state index is 13.2. The van der Waals surface area contributed by atoms with E-state index in [1.807, 2.05) is 12.1 Å². The molecular formula is C23H33N7O2. The van der Waals surface area contributed by atoms with Gasteiger partial charge in [0, 0.05) is 19.6 Å². The van der Waals surface area contributed by atoms with Crippen LogP contribution in [0.25, 0.3) is 10.9 Å². The van der Waals surface area contributed by atoms with E-state index in [0.717, 1.165) is 37.9 Å². The first-order valence-electron chi connectivity index (χ1n) is 11.2. The van der Waals surface area contributed by atoms with Crippen LogP contribution in [0, 0.1) is 0 Å². The van der Waals surface area contributed by atoms with Gasteiger partial charge in [-0.25, -0.2) is 9.67 Å². The summed E-state index contributed by atoms with van der Waals surface area (Å²) in [6.07, 6.45) is 4.60. The Balaban J connectivity index is 1.81. The largest absolute Gasteiger partial charge is 0.395 e. The normalized spacial score (nSPS) is 11.4. The van der Waals surface area contributed by atoms with Crippen LogP contribution in [0.1, 0.15) is 44.2 Å². The highest BCUT2D eigenvalue weighted by atomic mass is 16.3. The van der Waals surface area contributed by atoms with Crippen molar-refractivity contribution in [1.82, 2.24) is 24.6 Å². The summed E-state index contributed by atoms with van der Waals surface area (Å²) in [6, 6.07) is 8.14. The lowest BCUT2D eigenvalue weighted by atomic mass is 10.1. The molecule has 3 aromatic rings. The van der Waals surface area contributed by atoms with Crippen LogP contribution in [0.15, 0.2) is 35.3 Å². The van der Waals surface area contributed by atoms with Crippen LogP contribution in [0.2, 0.25) is 0 Å². The molecule has 0 amide bonds. The number of nitrogens with zero attached hydrogens (tertiary/aromatic N) is 5. The molecule has 0 saturated carbocycles. The SMILES string of the molecule is CCCCNc1nc(N)nc2cnn(Cc3ccc(CN(CCC)CCO)cc3)c(=O)c12. The topological polar surface area (TPSA) is 122 Å². The summed E-state index contributed by atoms with van der Waals surface area (Å²) in [7, 11) is 0. The molecule has 0 unspecified atom stereocenters. The Morgan fingerprint density at radius 3 is 2.53 bits per heavy atom. The van der Waals surface area contributed by atoms with Crippen molar-refractivity contribution in [2.45, 2.75) is 46.2 Å². The summed E-state index contributed by atoms with van der Waals surface area (Å²) in [6.45, 7) is 7.83. The van der Waals surface area contributed by atoms with Gasteiger partial charge in [0.15, 0.2) is 0 Å². The maximum Gasteiger partial charge on any atom is 0.280 e. The molecule has 32 heavy (non-hydrogen) atoms. The summed E-state index contributed by atoms with van der Waals surface area (Å²) in [5, 5.41) is 17.2. The van der Waals surface area contributed by atoms with Gasteiger partial charge in [0.05, 0.1) is 19.3 Å². The molecule has 3 rings (SSSR count). The number of nitrogens with two attached hydrogens (primary N) is 1. The van der Waals surface area contributed by atoms with Crippen molar-refractivity contribution in [3.63, 3.8) is 0 Å². The third-order valence-electron chi connectivity index (χ3n) is 5.26. The summed E-state index contributed by atoms with van der Waals surface area (Å²) >= 11 is 0. The van der Waals surface area contributed by atoms with Crippen molar-refractivity contribution in [2.75, 3.05) is 37.3 Å². The molecule has 0 atom stereocenters. The monoisotopic (exact) mass is 439 g/mol.